The molecule has 1 amide bonds. The van der Waals surface area contributed by atoms with E-state index < -0.39 is 4.92 Å². The number of amides is 1. The summed E-state index contributed by atoms with van der Waals surface area (Å²) in [7, 11) is 1.66. The molecule has 1 heterocycles. The predicted octanol–water partition coefficient (Wildman–Crippen LogP) is 3.75. The number of nitrogens with one attached hydrogen (secondary N) is 2. The monoisotopic (exact) mass is 426 g/mol. The molecule has 2 aromatic rings. The smallest absolute Gasteiger partial charge is 0.269 e. The highest BCUT2D eigenvalue weighted by Crippen LogP contribution is 2.26. The number of benzene rings is 2. The topological polar surface area (TPSA) is 96.7 Å². The zero-order chi connectivity index (χ0) is 22.1. The first kappa shape index (κ1) is 22.6. The summed E-state index contributed by atoms with van der Waals surface area (Å²) in [6, 6.07) is 14.5. The normalized spacial score (nSPS) is 14.7. The lowest BCUT2D eigenvalue weighted by Crippen LogP contribution is -2.36. The summed E-state index contributed by atoms with van der Waals surface area (Å²) in [4.78, 5) is 25.1. The number of ether oxygens (including phenoxy) is 1. The molecule has 8 nitrogen and oxygen atoms in total. The van der Waals surface area contributed by atoms with Gasteiger partial charge in [0, 0.05) is 37.3 Å². The number of methoxy groups -OCH3 is 1. The molecule has 0 bridgehead atoms. The molecule has 0 radical (unpaired) electrons. The quantitative estimate of drug-likeness (QED) is 0.323. The van der Waals surface area contributed by atoms with Gasteiger partial charge < -0.3 is 15.4 Å². The molecule has 2 N–H and O–H groups in total. The van der Waals surface area contributed by atoms with Gasteiger partial charge in [0.15, 0.2) is 0 Å². The van der Waals surface area contributed by atoms with Crippen LogP contribution in [0.4, 0.5) is 11.4 Å². The zero-order valence-corrected chi connectivity index (χ0v) is 17.9. The first-order chi connectivity index (χ1) is 15.1. The highest BCUT2D eigenvalue weighted by molar-refractivity contribution is 5.76. The van der Waals surface area contributed by atoms with Crippen LogP contribution in [0.2, 0.25) is 0 Å². The van der Waals surface area contributed by atoms with E-state index in [1.165, 1.54) is 30.5 Å². The van der Waals surface area contributed by atoms with Gasteiger partial charge in [0.2, 0.25) is 5.91 Å². The van der Waals surface area contributed by atoms with Crippen LogP contribution in [0.5, 0.6) is 5.75 Å². The maximum Gasteiger partial charge on any atom is 0.269 e. The predicted molar refractivity (Wildman–Crippen MR) is 120 cm³/mol. The van der Waals surface area contributed by atoms with Gasteiger partial charge in [-0.15, -0.1) is 0 Å². The molecule has 1 atom stereocenters. The van der Waals surface area contributed by atoms with E-state index in [1.54, 1.807) is 19.2 Å². The lowest BCUT2D eigenvalue weighted by molar-refractivity contribution is -0.384. The van der Waals surface area contributed by atoms with E-state index in [0.29, 0.717) is 25.9 Å². The molecule has 0 spiro atoms. The summed E-state index contributed by atoms with van der Waals surface area (Å²) >= 11 is 0. The third-order valence-electron chi connectivity index (χ3n) is 5.56. The van der Waals surface area contributed by atoms with Crippen LogP contribution < -0.4 is 15.4 Å². The Morgan fingerprint density at radius 1 is 1.13 bits per heavy atom. The Morgan fingerprint density at radius 2 is 1.81 bits per heavy atom. The maximum atomic E-state index is 12.4. The second-order valence-corrected chi connectivity index (χ2v) is 7.67. The van der Waals surface area contributed by atoms with Crippen molar-refractivity contribution in [1.29, 1.82) is 0 Å². The van der Waals surface area contributed by atoms with E-state index in [-0.39, 0.29) is 17.6 Å². The highest BCUT2D eigenvalue weighted by atomic mass is 16.6. The molecule has 3 rings (SSSR count). The number of carbonyl (C=O) groups excluding carboxylic acids is 1. The lowest BCUT2D eigenvalue weighted by Gasteiger charge is -2.28. The molecule has 1 saturated heterocycles. The summed E-state index contributed by atoms with van der Waals surface area (Å²) in [5, 5.41) is 17.0. The van der Waals surface area contributed by atoms with Gasteiger partial charge in [-0.2, -0.15) is 0 Å². The van der Waals surface area contributed by atoms with Gasteiger partial charge in [-0.3, -0.25) is 19.8 Å². The Kier molecular flexibility index (Phi) is 8.23. The molecular weight excluding hydrogens is 396 g/mol. The average Bonchev–Trinajstić information content (AvgIpc) is 3.32. The minimum absolute atomic E-state index is 0.0307. The van der Waals surface area contributed by atoms with Crippen LogP contribution in [0.25, 0.3) is 0 Å². The molecule has 166 valence electrons. The van der Waals surface area contributed by atoms with E-state index in [2.05, 4.69) is 27.7 Å². The lowest BCUT2D eigenvalue weighted by atomic mass is 10.1. The number of nitro benzene ring substituents is 1. The van der Waals surface area contributed by atoms with Crippen LogP contribution in [0.3, 0.4) is 0 Å². The second-order valence-electron chi connectivity index (χ2n) is 7.67. The van der Waals surface area contributed by atoms with Crippen LogP contribution in [0.15, 0.2) is 48.5 Å². The number of hydrogen-bond donors (Lipinski definition) is 2. The summed E-state index contributed by atoms with van der Waals surface area (Å²) in [6.07, 6.45) is 3.49. The van der Waals surface area contributed by atoms with Gasteiger partial charge in [0.25, 0.3) is 5.69 Å². The van der Waals surface area contributed by atoms with Crippen LogP contribution in [0, 0.1) is 10.1 Å². The Labute approximate surface area is 182 Å². The van der Waals surface area contributed by atoms with Crippen molar-refractivity contribution in [3.05, 3.63) is 64.2 Å². The van der Waals surface area contributed by atoms with Crippen molar-refractivity contribution in [2.45, 2.75) is 31.7 Å². The first-order valence-corrected chi connectivity index (χ1v) is 10.7. The van der Waals surface area contributed by atoms with E-state index in [1.807, 2.05) is 12.1 Å². The molecular formula is C23H30N4O4. The molecule has 2 aromatic carbocycles. The number of likely N-dealkylation sites (tertiary alicyclic amines) is 1. The molecule has 1 fully saturated rings. The fourth-order valence-corrected chi connectivity index (χ4v) is 3.82. The Bertz CT molecular complexity index is 849. The number of non-ortho nitro benzene ring substituents is 1. The average molecular weight is 427 g/mol. The Balaban J connectivity index is 1.44. The minimum Gasteiger partial charge on any atom is -0.497 e. The first-order valence-electron chi connectivity index (χ1n) is 10.7. The van der Waals surface area contributed by atoms with Gasteiger partial charge in [0.05, 0.1) is 18.1 Å². The Morgan fingerprint density at radius 3 is 2.42 bits per heavy atom. The largest absolute Gasteiger partial charge is 0.497 e. The van der Waals surface area contributed by atoms with E-state index >= 15 is 0 Å². The van der Waals surface area contributed by atoms with E-state index in [0.717, 1.165) is 24.5 Å². The zero-order valence-electron chi connectivity index (χ0n) is 17.9. The molecule has 0 saturated carbocycles. The van der Waals surface area contributed by atoms with Gasteiger partial charge >= 0.3 is 0 Å². The molecule has 0 aliphatic carbocycles. The highest BCUT2D eigenvalue weighted by Gasteiger charge is 2.24. The molecule has 1 aliphatic rings. The summed E-state index contributed by atoms with van der Waals surface area (Å²) in [6.45, 7) is 3.30. The molecule has 8 heteroatoms. The number of rotatable bonds is 11. The summed E-state index contributed by atoms with van der Waals surface area (Å²) in [5.74, 6) is 0.858. The van der Waals surface area contributed by atoms with Crippen molar-refractivity contribution in [3.8, 4) is 5.75 Å². The van der Waals surface area contributed by atoms with E-state index in [4.69, 9.17) is 4.74 Å². The maximum absolute atomic E-state index is 12.4. The van der Waals surface area contributed by atoms with Gasteiger partial charge in [-0.05, 0) is 62.2 Å². The standard InChI is InChI=1S/C23H30N4O4/c1-31-21-12-6-18(7-13-21)22(26-15-2-3-16-26)17-25-23(28)5-4-14-24-19-8-10-20(11-9-19)27(29)30/h6-13,22,24H,2-5,14-17H2,1H3,(H,25,28). The SMILES string of the molecule is COc1ccc(C(CNC(=O)CCCNc2ccc([N+](=O)[O-])cc2)N2CCCC2)cc1. The molecule has 31 heavy (non-hydrogen) atoms. The summed E-state index contributed by atoms with van der Waals surface area (Å²) in [5.41, 5.74) is 2.05. The molecule has 0 aromatic heterocycles. The summed E-state index contributed by atoms with van der Waals surface area (Å²) < 4.78 is 5.26. The van der Waals surface area contributed by atoms with Crippen molar-refractivity contribution in [1.82, 2.24) is 10.2 Å². The fourth-order valence-electron chi connectivity index (χ4n) is 3.82. The molecule has 1 aliphatic heterocycles. The number of hydrogen-bond acceptors (Lipinski definition) is 6. The van der Waals surface area contributed by atoms with Crippen LogP contribution in [-0.4, -0.2) is 49.0 Å². The van der Waals surface area contributed by atoms with Gasteiger partial charge in [0.1, 0.15) is 5.75 Å². The van der Waals surface area contributed by atoms with Crippen molar-refractivity contribution in [3.63, 3.8) is 0 Å². The molecule has 1 unspecified atom stereocenters. The number of nitrogens with zero attached hydrogens (tertiary/aromatic N) is 2. The second kappa shape index (κ2) is 11.3. The van der Waals surface area contributed by atoms with Crippen LogP contribution >= 0.6 is 0 Å². The number of carbonyl (C=O) groups is 1. The number of nitro groups is 1. The minimum atomic E-state index is -0.421. The van der Waals surface area contributed by atoms with Crippen LogP contribution in [-0.2, 0) is 4.79 Å². The fraction of sp³-hybridized carbons (Fsp3) is 0.435. The third kappa shape index (κ3) is 6.68. The van der Waals surface area contributed by atoms with Crippen molar-refractivity contribution in [2.75, 3.05) is 38.6 Å². The van der Waals surface area contributed by atoms with Gasteiger partial charge in [-0.1, -0.05) is 12.1 Å². The number of anilines is 1. The van der Waals surface area contributed by atoms with Crippen molar-refractivity contribution < 1.29 is 14.5 Å². The Hall–Kier alpha value is -3.13. The third-order valence-corrected chi connectivity index (χ3v) is 5.56. The van der Waals surface area contributed by atoms with Crippen LogP contribution in [0.1, 0.15) is 37.3 Å². The van der Waals surface area contributed by atoms with Crippen molar-refractivity contribution >= 4 is 17.3 Å². The van der Waals surface area contributed by atoms with Gasteiger partial charge in [-0.25, -0.2) is 0 Å². The van der Waals surface area contributed by atoms with Crippen molar-refractivity contribution in [2.24, 2.45) is 0 Å². The van der Waals surface area contributed by atoms with E-state index in [9.17, 15) is 14.9 Å².